The number of benzene rings is 2. The fourth-order valence-electron chi connectivity index (χ4n) is 6.22. The Morgan fingerprint density at radius 1 is 1.00 bits per heavy atom. The highest BCUT2D eigenvalue weighted by molar-refractivity contribution is 6.08. The van der Waals surface area contributed by atoms with E-state index in [0.717, 1.165) is 65.1 Å². The molecule has 6 nitrogen and oxygen atoms in total. The highest BCUT2D eigenvalue weighted by Gasteiger charge is 2.30. The molecule has 1 saturated heterocycles. The zero-order valence-corrected chi connectivity index (χ0v) is 23.3. The molecule has 0 aliphatic carbocycles. The molecule has 1 aromatic heterocycles. The van der Waals surface area contributed by atoms with Crippen molar-refractivity contribution in [2.75, 3.05) is 37.6 Å². The van der Waals surface area contributed by atoms with E-state index in [1.807, 2.05) is 0 Å². The van der Waals surface area contributed by atoms with E-state index in [4.69, 9.17) is 4.74 Å². The van der Waals surface area contributed by atoms with Crippen LogP contribution >= 0.6 is 0 Å². The van der Waals surface area contributed by atoms with Gasteiger partial charge in [-0.25, -0.2) is 0 Å². The van der Waals surface area contributed by atoms with Gasteiger partial charge >= 0.3 is 5.97 Å². The molecular formula is C31H41N3O3. The molecule has 2 aliphatic rings. The molecule has 37 heavy (non-hydrogen) atoms. The van der Waals surface area contributed by atoms with Crippen molar-refractivity contribution >= 4 is 22.6 Å². The second-order valence-corrected chi connectivity index (χ2v) is 11.8. The van der Waals surface area contributed by atoms with Crippen LogP contribution in [0.5, 0.6) is 5.75 Å². The third kappa shape index (κ3) is 4.96. The lowest BCUT2D eigenvalue weighted by Gasteiger charge is -2.35. The summed E-state index contributed by atoms with van der Waals surface area (Å²) in [6.45, 7) is 18.8. The minimum atomic E-state index is -0.808. The third-order valence-corrected chi connectivity index (χ3v) is 7.85. The Balaban J connectivity index is 1.74. The highest BCUT2D eigenvalue weighted by Crippen LogP contribution is 2.47. The summed E-state index contributed by atoms with van der Waals surface area (Å²) >= 11 is 0. The quantitative estimate of drug-likeness (QED) is 0.432. The molecular weight excluding hydrogens is 462 g/mol. The van der Waals surface area contributed by atoms with Gasteiger partial charge in [-0.2, -0.15) is 0 Å². The number of aromatic nitrogens is 1. The molecule has 0 radical (unpaired) electrons. The van der Waals surface area contributed by atoms with Crippen LogP contribution in [-0.4, -0.2) is 58.9 Å². The average Bonchev–Trinajstić information content (AvgIpc) is 3.44. The van der Waals surface area contributed by atoms with Crippen molar-refractivity contribution < 1.29 is 14.6 Å². The van der Waals surface area contributed by atoms with Gasteiger partial charge in [0, 0.05) is 42.8 Å². The third-order valence-electron chi connectivity index (χ3n) is 7.85. The predicted molar refractivity (Wildman–Crippen MR) is 151 cm³/mol. The first-order valence-electron chi connectivity index (χ1n) is 13.7. The maximum Gasteiger partial charge on any atom is 0.307 e. The largest absolute Gasteiger partial charge is 0.487 e. The van der Waals surface area contributed by atoms with Crippen LogP contribution in [0.25, 0.3) is 22.0 Å². The number of hydrogen-bond acceptors (Lipinski definition) is 4. The molecule has 0 unspecified atom stereocenters. The van der Waals surface area contributed by atoms with Gasteiger partial charge in [-0.15, -0.1) is 0 Å². The second kappa shape index (κ2) is 9.71. The van der Waals surface area contributed by atoms with Gasteiger partial charge in [-0.1, -0.05) is 12.1 Å². The van der Waals surface area contributed by atoms with Gasteiger partial charge in [0.2, 0.25) is 0 Å². The number of likely N-dealkylation sites (tertiary alicyclic amines) is 1. The summed E-state index contributed by atoms with van der Waals surface area (Å²) in [5.74, 6) is -0.00202. The first kappa shape index (κ1) is 25.7. The van der Waals surface area contributed by atoms with Crippen molar-refractivity contribution in [2.24, 2.45) is 0 Å². The summed E-state index contributed by atoms with van der Waals surface area (Å²) in [4.78, 5) is 17.3. The van der Waals surface area contributed by atoms with E-state index in [9.17, 15) is 9.90 Å². The van der Waals surface area contributed by atoms with Crippen molar-refractivity contribution in [2.45, 2.75) is 73.0 Å². The van der Waals surface area contributed by atoms with E-state index < -0.39 is 5.97 Å². The van der Waals surface area contributed by atoms with E-state index in [1.165, 1.54) is 42.8 Å². The van der Waals surface area contributed by atoms with Crippen LogP contribution in [0.2, 0.25) is 0 Å². The summed E-state index contributed by atoms with van der Waals surface area (Å²) in [6, 6.07) is 8.55. The second-order valence-electron chi connectivity index (χ2n) is 11.8. The van der Waals surface area contributed by atoms with Gasteiger partial charge in [0.05, 0.1) is 17.6 Å². The summed E-state index contributed by atoms with van der Waals surface area (Å²) in [6.07, 6.45) is 2.56. The van der Waals surface area contributed by atoms with Gasteiger partial charge in [0.25, 0.3) is 0 Å². The highest BCUT2D eigenvalue weighted by atomic mass is 16.5. The number of anilines is 1. The van der Waals surface area contributed by atoms with Crippen molar-refractivity contribution in [1.82, 2.24) is 9.47 Å². The molecule has 2 aromatic carbocycles. The van der Waals surface area contributed by atoms with Gasteiger partial charge < -0.3 is 24.2 Å². The van der Waals surface area contributed by atoms with Crippen LogP contribution in [0.1, 0.15) is 56.0 Å². The zero-order chi connectivity index (χ0) is 26.5. The van der Waals surface area contributed by atoms with Crippen LogP contribution < -0.4 is 9.64 Å². The van der Waals surface area contributed by atoms with Gasteiger partial charge in [0.1, 0.15) is 11.4 Å². The summed E-state index contributed by atoms with van der Waals surface area (Å²) in [5.41, 5.74) is 8.34. The van der Waals surface area contributed by atoms with Crippen molar-refractivity contribution in [3.63, 3.8) is 0 Å². The molecule has 5 rings (SSSR count). The Morgan fingerprint density at radius 2 is 1.73 bits per heavy atom. The molecule has 0 amide bonds. The number of nitrogens with zero attached hydrogens (tertiary/aromatic N) is 3. The number of carbonyl (C=O) groups is 1. The van der Waals surface area contributed by atoms with Crippen LogP contribution in [0, 0.1) is 20.8 Å². The van der Waals surface area contributed by atoms with Gasteiger partial charge in [0.15, 0.2) is 0 Å². The first-order valence-corrected chi connectivity index (χ1v) is 13.7. The lowest BCUT2D eigenvalue weighted by Crippen LogP contribution is -2.38. The molecule has 1 fully saturated rings. The topological polar surface area (TPSA) is 57.9 Å². The Bertz CT molecular complexity index is 1340. The molecule has 3 aromatic rings. The average molecular weight is 504 g/mol. The van der Waals surface area contributed by atoms with E-state index >= 15 is 0 Å². The summed E-state index contributed by atoms with van der Waals surface area (Å²) in [5, 5.41) is 11.2. The maximum atomic E-state index is 12.2. The minimum absolute atomic E-state index is 0.0167. The number of ether oxygens (including phenoxy) is 1. The minimum Gasteiger partial charge on any atom is -0.487 e. The molecule has 0 atom stereocenters. The van der Waals surface area contributed by atoms with E-state index in [-0.39, 0.29) is 12.0 Å². The molecule has 198 valence electrons. The van der Waals surface area contributed by atoms with E-state index in [1.54, 1.807) is 0 Å². The van der Waals surface area contributed by atoms with Crippen LogP contribution in [0.15, 0.2) is 24.3 Å². The van der Waals surface area contributed by atoms with Crippen molar-refractivity contribution in [3.8, 4) is 16.9 Å². The number of aliphatic carboxylic acids is 1. The van der Waals surface area contributed by atoms with E-state index in [0.29, 0.717) is 0 Å². The lowest BCUT2D eigenvalue weighted by atomic mass is 9.87. The monoisotopic (exact) mass is 503 g/mol. The molecule has 6 heteroatoms. The van der Waals surface area contributed by atoms with Crippen LogP contribution in [-0.2, 0) is 17.8 Å². The molecule has 3 heterocycles. The SMILES string of the molecule is Cc1ccc(-c2c(CC(=O)O)c(C)c3c4c2cc(C)n4CCN3CCN2CCCC2)c(OC(C)(C)C)c1. The number of carboxylic acid groups (broad SMARTS) is 1. The van der Waals surface area contributed by atoms with E-state index in [2.05, 4.69) is 80.2 Å². The Morgan fingerprint density at radius 3 is 2.41 bits per heavy atom. The van der Waals surface area contributed by atoms with Crippen molar-refractivity contribution in [3.05, 3.63) is 46.6 Å². The first-order chi connectivity index (χ1) is 17.5. The zero-order valence-electron chi connectivity index (χ0n) is 23.3. The predicted octanol–water partition coefficient (Wildman–Crippen LogP) is 5.95. The van der Waals surface area contributed by atoms with Crippen LogP contribution in [0.3, 0.4) is 0 Å². The van der Waals surface area contributed by atoms with Gasteiger partial charge in [-0.05, 0) is 102 Å². The fourth-order valence-corrected chi connectivity index (χ4v) is 6.22. The summed E-state index contributed by atoms with van der Waals surface area (Å²) < 4.78 is 8.90. The Labute approximate surface area is 220 Å². The van der Waals surface area contributed by atoms with Crippen molar-refractivity contribution in [1.29, 1.82) is 0 Å². The molecule has 0 spiro atoms. The summed E-state index contributed by atoms with van der Waals surface area (Å²) in [7, 11) is 0. The molecule has 1 N–H and O–H groups in total. The number of rotatable bonds is 7. The Kier molecular flexibility index (Phi) is 6.73. The molecule has 0 saturated carbocycles. The molecule has 2 aliphatic heterocycles. The van der Waals surface area contributed by atoms with Gasteiger partial charge in [-0.3, -0.25) is 4.79 Å². The normalized spacial score (nSPS) is 16.1. The Hall–Kier alpha value is -2.99. The maximum absolute atomic E-state index is 12.2. The number of carboxylic acids is 1. The standard InChI is InChI=1S/C31H41N3O3/c1-20-9-10-23(26(17-20)37-31(4,5)6)28-24(19-27(35)36)22(3)29-30-25(28)18-21(2)34(30)16-15-33(29)14-13-32-11-7-8-12-32/h9-10,17-18H,7-8,11-16,19H2,1-6H3,(H,35,36). The fraction of sp³-hybridized carbons (Fsp3) is 0.516. The molecule has 0 bridgehead atoms. The smallest absolute Gasteiger partial charge is 0.307 e. The number of aryl methyl sites for hydroxylation is 2. The number of hydrogen-bond donors (Lipinski definition) is 1. The lowest BCUT2D eigenvalue weighted by molar-refractivity contribution is -0.136. The van der Waals surface area contributed by atoms with Crippen LogP contribution in [0.4, 0.5) is 5.69 Å².